The normalized spacial score (nSPS) is 14.4. The maximum Gasteiger partial charge on any atom is 0.416 e. The number of benzene rings is 3. The van der Waals surface area contributed by atoms with Crippen LogP contribution < -0.4 is 9.46 Å². The van der Waals surface area contributed by atoms with Gasteiger partial charge in [-0.1, -0.05) is 30.3 Å². The number of ether oxygens (including phenoxy) is 1. The highest BCUT2D eigenvalue weighted by Crippen LogP contribution is 2.31. The van der Waals surface area contributed by atoms with Crippen LogP contribution in [0.3, 0.4) is 0 Å². The molecule has 0 saturated carbocycles. The van der Waals surface area contributed by atoms with Gasteiger partial charge in [-0.2, -0.15) is 13.2 Å². The monoisotopic (exact) mass is 649 g/mol. The number of piperazine rings is 1. The summed E-state index contributed by atoms with van der Waals surface area (Å²) in [4.78, 5) is 21.5. The zero-order valence-electron chi connectivity index (χ0n) is 24.7. The molecule has 46 heavy (non-hydrogen) atoms. The van der Waals surface area contributed by atoms with Crippen molar-refractivity contribution in [3.8, 4) is 11.6 Å². The standard InChI is InChI=1S/C33H30F3N5O4S/c1-39-29-13-10-27(19-24(29)20-30(39)32(42)41-17-15-40(16-18-41)22-23-5-3-2-4-6-23)45-31-14-9-26(21-37-31)38-46(43,44)28-11-7-25(8-12-28)33(34,35)36/h2-14,19-21,38H,15-18,22H2,1H3. The lowest BCUT2D eigenvalue weighted by atomic mass is 10.2. The van der Waals surface area contributed by atoms with Crippen molar-refractivity contribution in [3.05, 3.63) is 114 Å². The van der Waals surface area contributed by atoms with E-state index in [0.717, 1.165) is 42.7 Å². The van der Waals surface area contributed by atoms with Gasteiger partial charge in [0.05, 0.1) is 22.3 Å². The summed E-state index contributed by atoms with van der Waals surface area (Å²) in [6.45, 7) is 3.73. The SMILES string of the molecule is Cn1c(C(=O)N2CCN(Cc3ccccc3)CC2)cc2cc(Oc3ccc(NS(=O)(=O)c4ccc(C(F)(F)F)cc4)cn3)ccc21. The van der Waals surface area contributed by atoms with Crippen molar-refractivity contribution in [2.24, 2.45) is 7.05 Å². The first-order chi connectivity index (χ1) is 22.0. The number of rotatable bonds is 8. The van der Waals surface area contributed by atoms with Gasteiger partial charge in [0.2, 0.25) is 5.88 Å². The molecule has 13 heteroatoms. The molecule has 1 aliphatic rings. The number of carbonyl (C=O) groups is 1. The Labute approximate surface area is 263 Å². The van der Waals surface area contributed by atoms with E-state index in [9.17, 15) is 26.4 Å². The fraction of sp³-hybridized carbons (Fsp3) is 0.212. The summed E-state index contributed by atoms with van der Waals surface area (Å²) in [5.74, 6) is 0.631. The largest absolute Gasteiger partial charge is 0.439 e. The molecule has 0 aliphatic carbocycles. The molecule has 2 aromatic heterocycles. The van der Waals surface area contributed by atoms with Crippen molar-refractivity contribution in [2.45, 2.75) is 17.6 Å². The summed E-state index contributed by atoms with van der Waals surface area (Å²) < 4.78 is 73.8. The number of anilines is 1. The van der Waals surface area contributed by atoms with E-state index in [-0.39, 0.29) is 22.4 Å². The van der Waals surface area contributed by atoms with E-state index in [1.54, 1.807) is 12.1 Å². The Morgan fingerprint density at radius 3 is 2.28 bits per heavy atom. The van der Waals surface area contributed by atoms with Gasteiger partial charge in [-0.3, -0.25) is 14.4 Å². The van der Waals surface area contributed by atoms with Crippen molar-refractivity contribution < 1.29 is 31.1 Å². The first kappa shape index (κ1) is 31.1. The van der Waals surface area contributed by atoms with Crippen molar-refractivity contribution in [3.63, 3.8) is 0 Å². The predicted octanol–water partition coefficient (Wildman–Crippen LogP) is 6.14. The molecule has 1 saturated heterocycles. The number of nitrogens with zero attached hydrogens (tertiary/aromatic N) is 4. The van der Waals surface area contributed by atoms with Crippen LogP contribution in [-0.2, 0) is 29.8 Å². The summed E-state index contributed by atoms with van der Waals surface area (Å²) in [7, 11) is -2.28. The number of amides is 1. The molecule has 3 heterocycles. The van der Waals surface area contributed by atoms with Gasteiger partial charge in [0, 0.05) is 56.7 Å². The molecule has 1 N–H and O–H groups in total. The second-order valence-electron chi connectivity index (χ2n) is 11.0. The molecule has 0 atom stereocenters. The van der Waals surface area contributed by atoms with Crippen LogP contribution in [0.4, 0.5) is 18.9 Å². The average molecular weight is 650 g/mol. The lowest BCUT2D eigenvalue weighted by molar-refractivity contribution is -0.137. The van der Waals surface area contributed by atoms with Gasteiger partial charge in [0.15, 0.2) is 0 Å². The molecule has 0 radical (unpaired) electrons. The second-order valence-corrected chi connectivity index (χ2v) is 12.7. The number of fused-ring (bicyclic) bond motifs is 1. The van der Waals surface area contributed by atoms with E-state index in [4.69, 9.17) is 4.74 Å². The molecular formula is C33H30F3N5O4S. The number of carbonyl (C=O) groups excluding carboxylic acids is 1. The first-order valence-electron chi connectivity index (χ1n) is 14.5. The Balaban J connectivity index is 1.08. The van der Waals surface area contributed by atoms with Crippen LogP contribution in [0.25, 0.3) is 10.9 Å². The number of aromatic nitrogens is 2. The summed E-state index contributed by atoms with van der Waals surface area (Å²) in [6.07, 6.45) is -3.33. The van der Waals surface area contributed by atoms with Gasteiger partial charge in [-0.15, -0.1) is 0 Å². The number of pyridine rings is 1. The van der Waals surface area contributed by atoms with Crippen molar-refractivity contribution >= 4 is 32.5 Å². The van der Waals surface area contributed by atoms with E-state index < -0.39 is 21.8 Å². The Hall–Kier alpha value is -4.88. The number of sulfonamides is 1. The van der Waals surface area contributed by atoms with Crippen LogP contribution in [-0.4, -0.2) is 59.9 Å². The summed E-state index contributed by atoms with van der Waals surface area (Å²) in [6, 6.07) is 23.6. The van der Waals surface area contributed by atoms with Crippen LogP contribution in [0, 0.1) is 0 Å². The minimum Gasteiger partial charge on any atom is -0.439 e. The zero-order valence-corrected chi connectivity index (χ0v) is 25.6. The van der Waals surface area contributed by atoms with Gasteiger partial charge in [-0.05, 0) is 60.2 Å². The van der Waals surface area contributed by atoms with E-state index in [2.05, 4.69) is 26.7 Å². The quantitative estimate of drug-likeness (QED) is 0.217. The highest BCUT2D eigenvalue weighted by atomic mass is 32.2. The fourth-order valence-electron chi connectivity index (χ4n) is 5.37. The molecule has 3 aromatic carbocycles. The van der Waals surface area contributed by atoms with Crippen LogP contribution >= 0.6 is 0 Å². The molecule has 0 unspecified atom stereocenters. The Kier molecular flexibility index (Phi) is 8.45. The number of hydrogen-bond acceptors (Lipinski definition) is 6. The molecule has 5 aromatic rings. The molecule has 0 bridgehead atoms. The number of halogens is 3. The van der Waals surface area contributed by atoms with Gasteiger partial charge < -0.3 is 14.2 Å². The smallest absolute Gasteiger partial charge is 0.416 e. The average Bonchev–Trinajstić information content (AvgIpc) is 3.37. The third-order valence-electron chi connectivity index (χ3n) is 7.84. The third-order valence-corrected chi connectivity index (χ3v) is 9.24. The third kappa shape index (κ3) is 6.85. The van der Waals surface area contributed by atoms with Gasteiger partial charge >= 0.3 is 6.18 Å². The highest BCUT2D eigenvalue weighted by Gasteiger charge is 2.31. The molecule has 1 aliphatic heterocycles. The van der Waals surface area contributed by atoms with E-state index >= 15 is 0 Å². The topological polar surface area (TPSA) is 96.8 Å². The summed E-state index contributed by atoms with van der Waals surface area (Å²) in [5.41, 5.74) is 1.85. The Morgan fingerprint density at radius 2 is 1.63 bits per heavy atom. The minimum atomic E-state index is -4.57. The molecule has 6 rings (SSSR count). The molecule has 0 spiro atoms. The first-order valence-corrected chi connectivity index (χ1v) is 15.9. The van der Waals surface area contributed by atoms with Crippen LogP contribution in [0.15, 0.2) is 102 Å². The van der Waals surface area contributed by atoms with E-state index in [1.807, 2.05) is 46.8 Å². The lowest BCUT2D eigenvalue weighted by Crippen LogP contribution is -2.48. The summed E-state index contributed by atoms with van der Waals surface area (Å²) >= 11 is 0. The maximum absolute atomic E-state index is 13.5. The summed E-state index contributed by atoms with van der Waals surface area (Å²) in [5, 5.41) is 0.812. The maximum atomic E-state index is 13.5. The minimum absolute atomic E-state index is 0.0310. The Morgan fingerprint density at radius 1 is 0.913 bits per heavy atom. The van der Waals surface area contributed by atoms with Crippen molar-refractivity contribution in [2.75, 3.05) is 30.9 Å². The molecule has 1 amide bonds. The molecule has 9 nitrogen and oxygen atoms in total. The van der Waals surface area contributed by atoms with Crippen LogP contribution in [0.2, 0.25) is 0 Å². The van der Waals surface area contributed by atoms with Gasteiger partial charge in [0.1, 0.15) is 11.4 Å². The van der Waals surface area contributed by atoms with Gasteiger partial charge in [0.25, 0.3) is 15.9 Å². The van der Waals surface area contributed by atoms with E-state index in [0.29, 0.717) is 36.7 Å². The number of hydrogen-bond donors (Lipinski definition) is 1. The van der Waals surface area contributed by atoms with Crippen LogP contribution in [0.1, 0.15) is 21.6 Å². The second kappa shape index (κ2) is 12.5. The fourth-order valence-corrected chi connectivity index (χ4v) is 6.41. The number of nitrogens with one attached hydrogen (secondary N) is 1. The molecule has 238 valence electrons. The highest BCUT2D eigenvalue weighted by molar-refractivity contribution is 7.92. The van der Waals surface area contributed by atoms with Crippen LogP contribution in [0.5, 0.6) is 11.6 Å². The lowest BCUT2D eigenvalue weighted by Gasteiger charge is -2.34. The van der Waals surface area contributed by atoms with Crippen molar-refractivity contribution in [1.82, 2.24) is 19.4 Å². The predicted molar refractivity (Wildman–Crippen MR) is 167 cm³/mol. The molecular weight excluding hydrogens is 619 g/mol. The van der Waals surface area contributed by atoms with E-state index in [1.165, 1.54) is 23.9 Å². The Bertz CT molecular complexity index is 1960. The number of aryl methyl sites for hydroxylation is 1. The number of alkyl halides is 3. The van der Waals surface area contributed by atoms with Gasteiger partial charge in [-0.25, -0.2) is 13.4 Å². The molecule has 1 fully saturated rings. The zero-order chi connectivity index (χ0) is 32.5. The van der Waals surface area contributed by atoms with Crippen molar-refractivity contribution in [1.29, 1.82) is 0 Å².